The van der Waals surface area contributed by atoms with Crippen molar-refractivity contribution in [3.63, 3.8) is 0 Å². The first-order chi connectivity index (χ1) is 8.56. The van der Waals surface area contributed by atoms with E-state index in [9.17, 15) is 4.79 Å². The molecular formula is C15H27NO2. The SMILES string of the molecule is CC1CC(=O)C(CN2CCCOC(C)C2)C(C)C1. The van der Waals surface area contributed by atoms with E-state index in [2.05, 4.69) is 25.7 Å². The first-order valence-corrected chi connectivity index (χ1v) is 7.43. The van der Waals surface area contributed by atoms with Gasteiger partial charge in [0.2, 0.25) is 0 Å². The second kappa shape index (κ2) is 6.16. The van der Waals surface area contributed by atoms with Gasteiger partial charge in [-0.25, -0.2) is 0 Å². The Bertz CT molecular complexity index is 292. The molecule has 0 aromatic heterocycles. The van der Waals surface area contributed by atoms with Gasteiger partial charge in [0.25, 0.3) is 0 Å². The van der Waals surface area contributed by atoms with Crippen molar-refractivity contribution in [1.82, 2.24) is 4.90 Å². The summed E-state index contributed by atoms with van der Waals surface area (Å²) in [6, 6.07) is 0. The van der Waals surface area contributed by atoms with Crippen molar-refractivity contribution < 1.29 is 9.53 Å². The lowest BCUT2D eigenvalue weighted by Gasteiger charge is -2.35. The minimum absolute atomic E-state index is 0.256. The van der Waals surface area contributed by atoms with Crippen molar-refractivity contribution in [3.8, 4) is 0 Å². The van der Waals surface area contributed by atoms with Gasteiger partial charge in [-0.3, -0.25) is 9.69 Å². The normalized spacial score (nSPS) is 39.6. The van der Waals surface area contributed by atoms with E-state index in [-0.39, 0.29) is 5.92 Å². The second-order valence-electron chi connectivity index (χ2n) is 6.39. The fourth-order valence-corrected chi connectivity index (χ4v) is 3.50. The highest BCUT2D eigenvalue weighted by atomic mass is 16.5. The third-order valence-corrected chi connectivity index (χ3v) is 4.42. The molecule has 104 valence electrons. The Balaban J connectivity index is 1.92. The Hall–Kier alpha value is -0.410. The molecule has 0 radical (unpaired) electrons. The minimum atomic E-state index is 0.256. The molecule has 1 aliphatic heterocycles. The van der Waals surface area contributed by atoms with E-state index in [0.717, 1.165) is 39.1 Å². The van der Waals surface area contributed by atoms with Crippen LogP contribution >= 0.6 is 0 Å². The first-order valence-electron chi connectivity index (χ1n) is 7.43. The van der Waals surface area contributed by atoms with E-state index < -0.39 is 0 Å². The molecule has 1 saturated heterocycles. The maximum atomic E-state index is 12.2. The molecule has 3 heteroatoms. The Labute approximate surface area is 111 Å². The summed E-state index contributed by atoms with van der Waals surface area (Å²) in [5.41, 5.74) is 0. The molecule has 0 bridgehead atoms. The lowest BCUT2D eigenvalue weighted by Crippen LogP contribution is -2.42. The summed E-state index contributed by atoms with van der Waals surface area (Å²) >= 11 is 0. The summed E-state index contributed by atoms with van der Waals surface area (Å²) in [5, 5.41) is 0. The lowest BCUT2D eigenvalue weighted by atomic mass is 9.74. The number of ketones is 1. The van der Waals surface area contributed by atoms with E-state index in [1.165, 1.54) is 6.42 Å². The molecule has 2 rings (SSSR count). The fourth-order valence-electron chi connectivity index (χ4n) is 3.50. The summed E-state index contributed by atoms with van der Waals surface area (Å²) in [6.45, 7) is 10.4. The molecular weight excluding hydrogens is 226 g/mol. The Morgan fingerprint density at radius 3 is 2.83 bits per heavy atom. The lowest BCUT2D eigenvalue weighted by molar-refractivity contribution is -0.128. The van der Waals surface area contributed by atoms with Crippen molar-refractivity contribution in [2.45, 2.75) is 46.1 Å². The molecule has 18 heavy (non-hydrogen) atoms. The van der Waals surface area contributed by atoms with Crippen LogP contribution in [0.5, 0.6) is 0 Å². The van der Waals surface area contributed by atoms with Crippen LogP contribution < -0.4 is 0 Å². The molecule has 1 aliphatic carbocycles. The van der Waals surface area contributed by atoms with E-state index in [1.54, 1.807) is 0 Å². The van der Waals surface area contributed by atoms with Crippen molar-refractivity contribution in [2.75, 3.05) is 26.2 Å². The monoisotopic (exact) mass is 253 g/mol. The van der Waals surface area contributed by atoms with Gasteiger partial charge in [0, 0.05) is 38.6 Å². The standard InChI is InChI=1S/C15H27NO2/c1-11-7-12(2)14(15(17)8-11)10-16-5-4-6-18-13(3)9-16/h11-14H,4-10H2,1-3H3. The highest BCUT2D eigenvalue weighted by molar-refractivity contribution is 5.82. The summed E-state index contributed by atoms with van der Waals surface area (Å²) in [6.07, 6.45) is 3.39. The summed E-state index contributed by atoms with van der Waals surface area (Å²) < 4.78 is 5.67. The zero-order chi connectivity index (χ0) is 13.1. The number of hydrogen-bond acceptors (Lipinski definition) is 3. The molecule has 0 aromatic carbocycles. The number of carbonyl (C=O) groups excluding carboxylic acids is 1. The zero-order valence-corrected chi connectivity index (χ0v) is 12.0. The average molecular weight is 253 g/mol. The Morgan fingerprint density at radius 2 is 2.11 bits per heavy atom. The van der Waals surface area contributed by atoms with Crippen LogP contribution in [0.3, 0.4) is 0 Å². The molecule has 1 saturated carbocycles. The number of nitrogens with zero attached hydrogens (tertiary/aromatic N) is 1. The maximum Gasteiger partial charge on any atom is 0.137 e. The molecule has 2 aliphatic rings. The molecule has 3 nitrogen and oxygen atoms in total. The van der Waals surface area contributed by atoms with Crippen LogP contribution in [-0.4, -0.2) is 43.0 Å². The van der Waals surface area contributed by atoms with Crippen LogP contribution in [0.1, 0.15) is 40.0 Å². The minimum Gasteiger partial charge on any atom is -0.377 e. The number of hydrogen-bond donors (Lipinski definition) is 0. The van der Waals surface area contributed by atoms with E-state index >= 15 is 0 Å². The highest BCUT2D eigenvalue weighted by Crippen LogP contribution is 2.31. The predicted octanol–water partition coefficient (Wildman–Crippen LogP) is 2.35. The van der Waals surface area contributed by atoms with Crippen LogP contribution in [0.2, 0.25) is 0 Å². The quantitative estimate of drug-likeness (QED) is 0.756. The maximum absolute atomic E-state index is 12.2. The third-order valence-electron chi connectivity index (χ3n) is 4.42. The number of Topliss-reactive ketones (excluding diaryl/α,β-unsaturated/α-hetero) is 1. The number of rotatable bonds is 2. The zero-order valence-electron chi connectivity index (χ0n) is 12.0. The van der Waals surface area contributed by atoms with E-state index in [4.69, 9.17) is 4.74 Å². The van der Waals surface area contributed by atoms with Crippen LogP contribution in [0, 0.1) is 17.8 Å². The Morgan fingerprint density at radius 1 is 1.33 bits per heavy atom. The molecule has 4 unspecified atom stereocenters. The van der Waals surface area contributed by atoms with Gasteiger partial charge in [0.15, 0.2) is 0 Å². The van der Waals surface area contributed by atoms with Gasteiger partial charge in [-0.15, -0.1) is 0 Å². The van der Waals surface area contributed by atoms with Crippen LogP contribution in [0.4, 0.5) is 0 Å². The number of carbonyl (C=O) groups is 1. The van der Waals surface area contributed by atoms with Crippen molar-refractivity contribution in [1.29, 1.82) is 0 Å². The summed E-state index contributed by atoms with van der Waals surface area (Å²) in [5.74, 6) is 1.86. The largest absolute Gasteiger partial charge is 0.377 e. The summed E-state index contributed by atoms with van der Waals surface area (Å²) in [4.78, 5) is 14.6. The van der Waals surface area contributed by atoms with Crippen LogP contribution in [-0.2, 0) is 9.53 Å². The van der Waals surface area contributed by atoms with Gasteiger partial charge in [-0.05, 0) is 31.6 Å². The molecule has 0 amide bonds. The smallest absolute Gasteiger partial charge is 0.137 e. The second-order valence-corrected chi connectivity index (χ2v) is 6.39. The third kappa shape index (κ3) is 3.55. The van der Waals surface area contributed by atoms with Gasteiger partial charge in [0.05, 0.1) is 6.10 Å². The summed E-state index contributed by atoms with van der Waals surface area (Å²) in [7, 11) is 0. The van der Waals surface area contributed by atoms with Crippen molar-refractivity contribution in [3.05, 3.63) is 0 Å². The predicted molar refractivity (Wildman–Crippen MR) is 72.5 cm³/mol. The molecule has 0 aromatic rings. The molecule has 0 spiro atoms. The average Bonchev–Trinajstić information content (AvgIpc) is 2.48. The van der Waals surface area contributed by atoms with Crippen LogP contribution in [0.15, 0.2) is 0 Å². The van der Waals surface area contributed by atoms with E-state index in [1.807, 2.05) is 0 Å². The van der Waals surface area contributed by atoms with Gasteiger partial charge < -0.3 is 4.74 Å². The molecule has 4 atom stereocenters. The molecule has 0 N–H and O–H groups in total. The molecule has 2 fully saturated rings. The fraction of sp³-hybridized carbons (Fsp3) is 0.933. The van der Waals surface area contributed by atoms with Crippen LogP contribution in [0.25, 0.3) is 0 Å². The number of ether oxygens (including phenoxy) is 1. The van der Waals surface area contributed by atoms with Crippen molar-refractivity contribution in [2.24, 2.45) is 17.8 Å². The molecule has 1 heterocycles. The van der Waals surface area contributed by atoms with Gasteiger partial charge >= 0.3 is 0 Å². The first kappa shape index (κ1) is 14.0. The van der Waals surface area contributed by atoms with Gasteiger partial charge in [-0.1, -0.05) is 13.8 Å². The topological polar surface area (TPSA) is 29.5 Å². The van der Waals surface area contributed by atoms with Gasteiger partial charge in [-0.2, -0.15) is 0 Å². The highest BCUT2D eigenvalue weighted by Gasteiger charge is 2.33. The van der Waals surface area contributed by atoms with Crippen molar-refractivity contribution >= 4 is 5.78 Å². The van der Waals surface area contributed by atoms with Gasteiger partial charge in [0.1, 0.15) is 5.78 Å². The Kier molecular flexibility index (Phi) is 4.79. The van der Waals surface area contributed by atoms with E-state index in [0.29, 0.717) is 23.7 Å².